The number of piperidine rings is 1. The van der Waals surface area contributed by atoms with Crippen LogP contribution in [-0.4, -0.2) is 58.6 Å². The quantitative estimate of drug-likeness (QED) is 0.570. The lowest BCUT2D eigenvalue weighted by Crippen LogP contribution is -2.59. The van der Waals surface area contributed by atoms with E-state index >= 15 is 4.39 Å². The van der Waals surface area contributed by atoms with E-state index in [1.54, 1.807) is 18.3 Å². The van der Waals surface area contributed by atoms with E-state index in [1.165, 1.54) is 0 Å². The summed E-state index contributed by atoms with van der Waals surface area (Å²) >= 11 is 0. The number of amides is 1. The molecule has 1 amide bonds. The average Bonchev–Trinajstić information content (AvgIpc) is 3.73. The fourth-order valence-electron chi connectivity index (χ4n) is 5.34. The molecule has 2 aliphatic heterocycles. The van der Waals surface area contributed by atoms with Gasteiger partial charge < -0.3 is 9.64 Å². The standard InChI is InChI=1S/C28H27FN4O2/c29-25-12-20(21-1-3-22-11-19(14-30)15-31-26(22)13-21)2-4-23(25)16-32-9-7-28(8-10-32)18-33(24-5-6-24)27(34)17-35-28/h1-4,11-13,15,24H,5-10,16-18H2. The molecule has 0 unspecified atom stereocenters. The molecule has 35 heavy (non-hydrogen) atoms. The average molecular weight is 471 g/mol. The molecule has 0 bridgehead atoms. The molecular formula is C28H27FN4O2. The molecular weight excluding hydrogens is 443 g/mol. The zero-order chi connectivity index (χ0) is 24.0. The highest BCUT2D eigenvalue weighted by atomic mass is 19.1. The molecule has 6 nitrogen and oxygen atoms in total. The summed E-state index contributed by atoms with van der Waals surface area (Å²) in [5.74, 6) is -0.0908. The Morgan fingerprint density at radius 2 is 1.89 bits per heavy atom. The topological polar surface area (TPSA) is 69.5 Å². The molecule has 3 fully saturated rings. The van der Waals surface area contributed by atoms with Crippen molar-refractivity contribution in [3.05, 3.63) is 65.6 Å². The summed E-state index contributed by atoms with van der Waals surface area (Å²) in [6.45, 7) is 3.11. The fourth-order valence-corrected chi connectivity index (χ4v) is 5.34. The highest BCUT2D eigenvalue weighted by Gasteiger charge is 2.46. The first-order valence-corrected chi connectivity index (χ1v) is 12.3. The molecule has 2 aromatic carbocycles. The van der Waals surface area contributed by atoms with Crippen LogP contribution in [0.2, 0.25) is 0 Å². The second-order valence-electron chi connectivity index (χ2n) is 10.1. The third kappa shape index (κ3) is 4.40. The summed E-state index contributed by atoms with van der Waals surface area (Å²) in [6.07, 6.45) is 5.50. The van der Waals surface area contributed by atoms with Crippen molar-refractivity contribution in [3.63, 3.8) is 0 Å². The van der Waals surface area contributed by atoms with E-state index in [0.717, 1.165) is 60.8 Å². The van der Waals surface area contributed by atoms with Gasteiger partial charge in [-0.15, -0.1) is 0 Å². The number of halogens is 1. The number of benzene rings is 2. The van der Waals surface area contributed by atoms with Gasteiger partial charge in [-0.05, 0) is 55.0 Å². The SMILES string of the molecule is N#Cc1cnc2cc(-c3ccc(CN4CCC5(CC4)CN(C4CC4)C(=O)CO5)c(F)c3)ccc2c1. The second-order valence-corrected chi connectivity index (χ2v) is 10.1. The minimum absolute atomic E-state index is 0.122. The second kappa shape index (κ2) is 8.71. The molecule has 1 spiro atoms. The number of rotatable bonds is 4. The van der Waals surface area contributed by atoms with Gasteiger partial charge in [-0.3, -0.25) is 14.7 Å². The number of ether oxygens (including phenoxy) is 1. The Bertz CT molecular complexity index is 1340. The molecule has 178 valence electrons. The van der Waals surface area contributed by atoms with Crippen LogP contribution in [0.1, 0.15) is 36.8 Å². The molecule has 0 radical (unpaired) electrons. The van der Waals surface area contributed by atoms with Gasteiger partial charge >= 0.3 is 0 Å². The van der Waals surface area contributed by atoms with Crippen LogP contribution in [0, 0.1) is 17.1 Å². The van der Waals surface area contributed by atoms with Crippen molar-refractivity contribution in [1.82, 2.24) is 14.8 Å². The van der Waals surface area contributed by atoms with Gasteiger partial charge in [-0.2, -0.15) is 5.26 Å². The summed E-state index contributed by atoms with van der Waals surface area (Å²) < 4.78 is 21.1. The number of fused-ring (bicyclic) bond motifs is 1. The van der Waals surface area contributed by atoms with Crippen molar-refractivity contribution >= 4 is 16.8 Å². The van der Waals surface area contributed by atoms with Crippen molar-refractivity contribution in [2.24, 2.45) is 0 Å². The van der Waals surface area contributed by atoms with E-state index in [-0.39, 0.29) is 23.9 Å². The predicted molar refractivity (Wildman–Crippen MR) is 130 cm³/mol. The zero-order valence-corrected chi connectivity index (χ0v) is 19.5. The van der Waals surface area contributed by atoms with Gasteiger partial charge in [0.15, 0.2) is 0 Å². The molecule has 1 aliphatic carbocycles. The van der Waals surface area contributed by atoms with Crippen LogP contribution in [0.4, 0.5) is 4.39 Å². The normalized spacial score (nSPS) is 20.3. The highest BCUT2D eigenvalue weighted by Crippen LogP contribution is 2.36. The lowest BCUT2D eigenvalue weighted by molar-refractivity contribution is -0.172. The van der Waals surface area contributed by atoms with E-state index in [9.17, 15) is 4.79 Å². The van der Waals surface area contributed by atoms with E-state index in [4.69, 9.17) is 10.00 Å². The molecule has 7 heteroatoms. The molecule has 0 N–H and O–H groups in total. The summed E-state index contributed by atoms with van der Waals surface area (Å²) in [6, 6.07) is 15.5. The minimum atomic E-state index is -0.243. The fraction of sp³-hybridized carbons (Fsp3) is 0.393. The summed E-state index contributed by atoms with van der Waals surface area (Å²) in [4.78, 5) is 20.9. The molecule has 3 heterocycles. The Labute approximate surface area is 203 Å². The van der Waals surface area contributed by atoms with E-state index in [0.29, 0.717) is 30.3 Å². The van der Waals surface area contributed by atoms with Crippen LogP contribution < -0.4 is 0 Å². The molecule has 6 rings (SSSR count). The number of nitriles is 1. The minimum Gasteiger partial charge on any atom is -0.363 e. The highest BCUT2D eigenvalue weighted by molar-refractivity contribution is 5.85. The maximum absolute atomic E-state index is 15.1. The molecule has 2 saturated heterocycles. The van der Waals surface area contributed by atoms with Gasteiger partial charge in [-0.1, -0.05) is 24.3 Å². The van der Waals surface area contributed by atoms with Crippen LogP contribution in [0.25, 0.3) is 22.0 Å². The van der Waals surface area contributed by atoms with Crippen LogP contribution >= 0.6 is 0 Å². The van der Waals surface area contributed by atoms with Crippen molar-refractivity contribution < 1.29 is 13.9 Å². The van der Waals surface area contributed by atoms with Gasteiger partial charge in [-0.25, -0.2) is 4.39 Å². The van der Waals surface area contributed by atoms with Crippen molar-refractivity contribution in [3.8, 4) is 17.2 Å². The summed E-state index contributed by atoms with van der Waals surface area (Å²) in [7, 11) is 0. The lowest BCUT2D eigenvalue weighted by atomic mass is 9.89. The smallest absolute Gasteiger partial charge is 0.248 e. The van der Waals surface area contributed by atoms with Gasteiger partial charge in [0.1, 0.15) is 18.5 Å². The third-order valence-corrected chi connectivity index (χ3v) is 7.63. The molecule has 1 saturated carbocycles. The van der Waals surface area contributed by atoms with Crippen LogP contribution in [0.15, 0.2) is 48.7 Å². The number of hydrogen-bond donors (Lipinski definition) is 0. The number of morpholine rings is 1. The molecule has 0 atom stereocenters. The maximum Gasteiger partial charge on any atom is 0.248 e. The van der Waals surface area contributed by atoms with Gasteiger partial charge in [0.2, 0.25) is 5.91 Å². The number of pyridine rings is 1. The van der Waals surface area contributed by atoms with E-state index < -0.39 is 0 Å². The number of nitrogens with zero attached hydrogens (tertiary/aromatic N) is 4. The number of carbonyl (C=O) groups excluding carboxylic acids is 1. The lowest BCUT2D eigenvalue weighted by Gasteiger charge is -2.47. The van der Waals surface area contributed by atoms with Gasteiger partial charge in [0.25, 0.3) is 0 Å². The molecule has 3 aliphatic rings. The van der Waals surface area contributed by atoms with Crippen LogP contribution in [-0.2, 0) is 16.1 Å². The van der Waals surface area contributed by atoms with Gasteiger partial charge in [0, 0.05) is 42.8 Å². The third-order valence-electron chi connectivity index (χ3n) is 7.63. The van der Waals surface area contributed by atoms with Crippen molar-refractivity contribution in [1.29, 1.82) is 5.26 Å². The Kier molecular flexibility index (Phi) is 5.51. The zero-order valence-electron chi connectivity index (χ0n) is 19.5. The maximum atomic E-state index is 15.1. The predicted octanol–water partition coefficient (Wildman–Crippen LogP) is 4.27. The van der Waals surface area contributed by atoms with Crippen molar-refractivity contribution in [2.45, 2.75) is 43.9 Å². The number of aromatic nitrogens is 1. The largest absolute Gasteiger partial charge is 0.363 e. The van der Waals surface area contributed by atoms with E-state index in [1.807, 2.05) is 35.2 Å². The molecule has 1 aromatic heterocycles. The monoisotopic (exact) mass is 470 g/mol. The summed E-state index contributed by atoms with van der Waals surface area (Å²) in [5.41, 5.74) is 3.43. The van der Waals surface area contributed by atoms with E-state index in [2.05, 4.69) is 16.0 Å². The molecule has 3 aromatic rings. The number of hydrogen-bond acceptors (Lipinski definition) is 5. The Morgan fingerprint density at radius 3 is 2.63 bits per heavy atom. The Balaban J connectivity index is 1.12. The first-order valence-electron chi connectivity index (χ1n) is 12.3. The number of likely N-dealkylation sites (tertiary alicyclic amines) is 1. The van der Waals surface area contributed by atoms with Crippen LogP contribution in [0.3, 0.4) is 0 Å². The Morgan fingerprint density at radius 1 is 1.11 bits per heavy atom. The first kappa shape index (κ1) is 22.1. The van der Waals surface area contributed by atoms with Crippen molar-refractivity contribution in [2.75, 3.05) is 26.2 Å². The van der Waals surface area contributed by atoms with Crippen LogP contribution in [0.5, 0.6) is 0 Å². The first-order chi connectivity index (χ1) is 17.0. The number of carbonyl (C=O) groups is 1. The van der Waals surface area contributed by atoms with Gasteiger partial charge in [0.05, 0.1) is 23.2 Å². The Hall–Kier alpha value is -3.34. The summed E-state index contributed by atoms with van der Waals surface area (Å²) in [5, 5.41) is 9.94.